The second-order valence-electron chi connectivity index (χ2n) is 7.41. The van der Waals surface area contributed by atoms with E-state index in [1.807, 2.05) is 0 Å². The number of nitrogens with one attached hydrogen (secondary N) is 1. The number of alkyl halides is 3. The van der Waals surface area contributed by atoms with Crippen LogP contribution in [0.3, 0.4) is 0 Å². The van der Waals surface area contributed by atoms with Gasteiger partial charge in [0.25, 0.3) is 5.91 Å². The number of benzene rings is 2. The van der Waals surface area contributed by atoms with Crippen molar-refractivity contribution < 1.29 is 36.9 Å². The van der Waals surface area contributed by atoms with E-state index in [-0.39, 0.29) is 30.6 Å². The van der Waals surface area contributed by atoms with Crippen molar-refractivity contribution in [3.63, 3.8) is 0 Å². The molecule has 0 atom stereocenters. The van der Waals surface area contributed by atoms with Gasteiger partial charge in [0.15, 0.2) is 40.0 Å². The molecule has 1 amide bonds. The molecule has 12 heteroatoms. The van der Waals surface area contributed by atoms with Gasteiger partial charge in [-0.15, -0.1) is 0 Å². The SMILES string of the molecule is O=C(Nc1ccc2c(c1)OCO2)c1cc2nc(-c3ccc4c(c3)OCO4)cc(C(F)(F)F)n2n1. The van der Waals surface area contributed by atoms with Crippen molar-refractivity contribution in [2.45, 2.75) is 6.18 Å². The number of fused-ring (bicyclic) bond motifs is 3. The third-order valence-corrected chi connectivity index (χ3v) is 5.25. The van der Waals surface area contributed by atoms with E-state index >= 15 is 0 Å². The fourth-order valence-corrected chi connectivity index (χ4v) is 3.66. The molecule has 2 aromatic carbocycles. The maximum absolute atomic E-state index is 13.9. The van der Waals surface area contributed by atoms with Gasteiger partial charge in [-0.05, 0) is 36.4 Å². The molecule has 0 spiro atoms. The summed E-state index contributed by atoms with van der Waals surface area (Å²) in [6, 6.07) is 11.5. The van der Waals surface area contributed by atoms with Crippen molar-refractivity contribution in [3.05, 3.63) is 59.9 Å². The smallest absolute Gasteiger partial charge is 0.433 e. The Hall–Kier alpha value is -4.48. The van der Waals surface area contributed by atoms with Gasteiger partial charge in [0.1, 0.15) is 0 Å². The van der Waals surface area contributed by atoms with Crippen molar-refractivity contribution in [1.82, 2.24) is 14.6 Å². The Balaban J connectivity index is 1.38. The van der Waals surface area contributed by atoms with Crippen LogP contribution < -0.4 is 24.3 Å². The van der Waals surface area contributed by atoms with Crippen molar-refractivity contribution in [3.8, 4) is 34.3 Å². The highest BCUT2D eigenvalue weighted by Gasteiger charge is 2.36. The predicted octanol–water partition coefficient (Wildman–Crippen LogP) is 4.12. The van der Waals surface area contributed by atoms with Crippen LogP contribution in [0.1, 0.15) is 16.2 Å². The number of nitrogens with zero attached hydrogens (tertiary/aromatic N) is 3. The van der Waals surface area contributed by atoms with Crippen LogP contribution in [0, 0.1) is 0 Å². The number of aromatic nitrogens is 3. The van der Waals surface area contributed by atoms with Crippen LogP contribution in [-0.4, -0.2) is 34.1 Å². The average molecular weight is 470 g/mol. The molecular weight excluding hydrogens is 457 g/mol. The third-order valence-electron chi connectivity index (χ3n) is 5.25. The molecule has 6 rings (SSSR count). The zero-order chi connectivity index (χ0) is 23.4. The molecule has 0 radical (unpaired) electrons. The quantitative estimate of drug-likeness (QED) is 0.481. The van der Waals surface area contributed by atoms with E-state index in [0.29, 0.717) is 38.8 Å². The van der Waals surface area contributed by atoms with Crippen LogP contribution in [0.2, 0.25) is 0 Å². The van der Waals surface area contributed by atoms with Crippen LogP contribution in [0.4, 0.5) is 18.9 Å². The van der Waals surface area contributed by atoms with Crippen molar-refractivity contribution >= 4 is 17.2 Å². The highest BCUT2D eigenvalue weighted by molar-refractivity contribution is 6.03. The van der Waals surface area contributed by atoms with Crippen LogP contribution >= 0.6 is 0 Å². The summed E-state index contributed by atoms with van der Waals surface area (Å²) in [7, 11) is 0. The summed E-state index contributed by atoms with van der Waals surface area (Å²) in [6.07, 6.45) is -4.75. The number of anilines is 1. The van der Waals surface area contributed by atoms with E-state index in [9.17, 15) is 18.0 Å². The van der Waals surface area contributed by atoms with Gasteiger partial charge in [-0.25, -0.2) is 9.50 Å². The van der Waals surface area contributed by atoms with Crippen LogP contribution in [0.5, 0.6) is 23.0 Å². The number of hydrogen-bond donors (Lipinski definition) is 1. The van der Waals surface area contributed by atoms with E-state index in [1.54, 1.807) is 36.4 Å². The molecule has 1 N–H and O–H groups in total. The molecule has 0 aliphatic carbocycles. The van der Waals surface area contributed by atoms with Crippen molar-refractivity contribution in [1.29, 1.82) is 0 Å². The first-order valence-corrected chi connectivity index (χ1v) is 9.94. The Labute approximate surface area is 188 Å². The number of hydrogen-bond acceptors (Lipinski definition) is 7. The Morgan fingerprint density at radius 1 is 0.882 bits per heavy atom. The minimum absolute atomic E-state index is 0.0313. The number of amides is 1. The standard InChI is InChI=1S/C22H13F3N4O5/c23-22(24,25)19-7-13(11-1-3-15-17(5-11)33-9-31-15)27-20-8-14(28-29(19)20)21(30)26-12-2-4-16-18(6-12)34-10-32-16/h1-8H,9-10H2,(H,26,30). The predicted molar refractivity (Wildman–Crippen MR) is 110 cm³/mol. The molecule has 172 valence electrons. The number of halogens is 3. The lowest BCUT2D eigenvalue weighted by Gasteiger charge is -2.11. The highest BCUT2D eigenvalue weighted by atomic mass is 19.4. The molecule has 34 heavy (non-hydrogen) atoms. The molecule has 0 saturated heterocycles. The molecule has 2 aliphatic heterocycles. The lowest BCUT2D eigenvalue weighted by Crippen LogP contribution is -2.15. The highest BCUT2D eigenvalue weighted by Crippen LogP contribution is 2.38. The Morgan fingerprint density at radius 2 is 1.56 bits per heavy atom. The fraction of sp³-hybridized carbons (Fsp3) is 0.136. The van der Waals surface area contributed by atoms with E-state index in [2.05, 4.69) is 15.4 Å². The van der Waals surface area contributed by atoms with Crippen LogP contribution in [-0.2, 0) is 6.18 Å². The first kappa shape index (κ1) is 20.1. The third kappa shape index (κ3) is 3.39. The number of ether oxygens (including phenoxy) is 4. The molecule has 0 unspecified atom stereocenters. The first-order chi connectivity index (χ1) is 16.3. The van der Waals surface area contributed by atoms with E-state index in [1.165, 1.54) is 6.07 Å². The van der Waals surface area contributed by atoms with E-state index < -0.39 is 17.8 Å². The number of rotatable bonds is 3. The summed E-state index contributed by atoms with van der Waals surface area (Å²) >= 11 is 0. The van der Waals surface area contributed by atoms with Gasteiger partial charge in [0, 0.05) is 23.4 Å². The zero-order valence-corrected chi connectivity index (χ0v) is 17.0. The number of carbonyl (C=O) groups is 1. The Morgan fingerprint density at radius 3 is 2.29 bits per heavy atom. The average Bonchev–Trinajstić information content (AvgIpc) is 3.55. The van der Waals surface area contributed by atoms with Gasteiger partial charge in [-0.3, -0.25) is 4.79 Å². The summed E-state index contributed by atoms with van der Waals surface area (Å²) in [4.78, 5) is 17.0. The molecule has 2 aromatic heterocycles. The molecule has 2 aliphatic rings. The Bertz CT molecular complexity index is 1470. The monoisotopic (exact) mass is 470 g/mol. The summed E-state index contributed by atoms with van der Waals surface area (Å²) in [5.74, 6) is 1.17. The maximum Gasteiger partial charge on any atom is 0.433 e. The summed E-state index contributed by atoms with van der Waals surface area (Å²) in [5, 5.41) is 6.45. The summed E-state index contributed by atoms with van der Waals surface area (Å²) in [5.41, 5.74) is -0.647. The largest absolute Gasteiger partial charge is 0.454 e. The van der Waals surface area contributed by atoms with Gasteiger partial charge in [-0.1, -0.05) is 0 Å². The van der Waals surface area contributed by atoms with Crippen LogP contribution in [0.25, 0.3) is 16.9 Å². The topological polar surface area (TPSA) is 96.2 Å². The first-order valence-electron chi connectivity index (χ1n) is 9.94. The molecule has 4 heterocycles. The number of carbonyl (C=O) groups excluding carboxylic acids is 1. The molecule has 4 aromatic rings. The second kappa shape index (κ2) is 7.27. The maximum atomic E-state index is 13.9. The summed E-state index contributed by atoms with van der Waals surface area (Å²) < 4.78 is 63.2. The van der Waals surface area contributed by atoms with Gasteiger partial charge in [-0.2, -0.15) is 18.3 Å². The van der Waals surface area contributed by atoms with Crippen molar-refractivity contribution in [2.24, 2.45) is 0 Å². The zero-order valence-electron chi connectivity index (χ0n) is 17.0. The van der Waals surface area contributed by atoms with E-state index in [0.717, 1.165) is 6.07 Å². The fourth-order valence-electron chi connectivity index (χ4n) is 3.66. The lowest BCUT2D eigenvalue weighted by atomic mass is 10.1. The molecule has 0 fully saturated rings. The van der Waals surface area contributed by atoms with Crippen LogP contribution in [0.15, 0.2) is 48.5 Å². The van der Waals surface area contributed by atoms with Gasteiger partial charge in [0.2, 0.25) is 13.6 Å². The van der Waals surface area contributed by atoms with Crippen molar-refractivity contribution in [2.75, 3.05) is 18.9 Å². The van der Waals surface area contributed by atoms with Gasteiger partial charge >= 0.3 is 6.18 Å². The molecule has 9 nitrogen and oxygen atoms in total. The minimum Gasteiger partial charge on any atom is -0.454 e. The second-order valence-corrected chi connectivity index (χ2v) is 7.41. The minimum atomic E-state index is -4.75. The van der Waals surface area contributed by atoms with Gasteiger partial charge < -0.3 is 24.3 Å². The van der Waals surface area contributed by atoms with E-state index in [4.69, 9.17) is 18.9 Å². The molecular formula is C22H13F3N4O5. The molecule has 0 bridgehead atoms. The molecule has 0 saturated carbocycles. The lowest BCUT2D eigenvalue weighted by molar-refractivity contribution is -0.142. The van der Waals surface area contributed by atoms with Gasteiger partial charge in [0.05, 0.1) is 5.69 Å². The summed E-state index contributed by atoms with van der Waals surface area (Å²) in [6.45, 7) is 0.0975. The Kier molecular flexibility index (Phi) is 4.31. The normalized spacial score (nSPS) is 14.0.